The van der Waals surface area contributed by atoms with Gasteiger partial charge in [0.05, 0.1) is 25.3 Å². The summed E-state index contributed by atoms with van der Waals surface area (Å²) in [5.41, 5.74) is 0.453. The van der Waals surface area contributed by atoms with Gasteiger partial charge < -0.3 is 14.4 Å². The predicted molar refractivity (Wildman–Crippen MR) is 115 cm³/mol. The molecule has 0 N–H and O–H groups in total. The molecule has 156 valence electrons. The maximum Gasteiger partial charge on any atom is 0.279 e. The highest BCUT2D eigenvalue weighted by atomic mass is 16.5. The second kappa shape index (κ2) is 8.18. The molecule has 0 saturated carbocycles. The summed E-state index contributed by atoms with van der Waals surface area (Å²) in [6.45, 7) is 3.59. The van der Waals surface area contributed by atoms with Gasteiger partial charge in [-0.15, -0.1) is 0 Å². The fraction of sp³-hybridized carbons (Fsp3) is 0.348. The molecule has 0 aliphatic carbocycles. The Kier molecular flexibility index (Phi) is 5.44. The van der Waals surface area contributed by atoms with Crippen LogP contribution in [0.1, 0.15) is 30.3 Å². The van der Waals surface area contributed by atoms with Crippen LogP contribution >= 0.6 is 0 Å². The van der Waals surface area contributed by atoms with Crippen LogP contribution < -0.4 is 15.0 Å². The number of fused-ring (bicyclic) bond motifs is 1. The van der Waals surface area contributed by atoms with Crippen LogP contribution in [0.4, 0.5) is 0 Å². The van der Waals surface area contributed by atoms with Gasteiger partial charge in [0.25, 0.3) is 11.5 Å². The molecule has 4 rings (SSSR count). The molecule has 0 radical (unpaired) electrons. The Labute approximate surface area is 174 Å². The van der Waals surface area contributed by atoms with Gasteiger partial charge in [-0.1, -0.05) is 25.1 Å². The van der Waals surface area contributed by atoms with Crippen molar-refractivity contribution >= 4 is 16.7 Å². The zero-order valence-corrected chi connectivity index (χ0v) is 17.4. The molecule has 0 atom stereocenters. The lowest BCUT2D eigenvalue weighted by atomic mass is 9.99. The van der Waals surface area contributed by atoms with Crippen LogP contribution in [0.5, 0.6) is 11.5 Å². The van der Waals surface area contributed by atoms with Gasteiger partial charge >= 0.3 is 0 Å². The van der Waals surface area contributed by atoms with Crippen molar-refractivity contribution in [3.05, 3.63) is 58.5 Å². The molecular formula is C23H25N3O4. The second-order valence-electron chi connectivity index (χ2n) is 7.66. The molecular weight excluding hydrogens is 382 g/mol. The van der Waals surface area contributed by atoms with Gasteiger partial charge in [0.15, 0.2) is 5.69 Å². The summed E-state index contributed by atoms with van der Waals surface area (Å²) >= 11 is 0. The van der Waals surface area contributed by atoms with E-state index in [4.69, 9.17) is 9.47 Å². The van der Waals surface area contributed by atoms with Crippen molar-refractivity contribution in [3.63, 3.8) is 0 Å². The van der Waals surface area contributed by atoms with Crippen LogP contribution in [0.15, 0.2) is 47.3 Å². The van der Waals surface area contributed by atoms with Gasteiger partial charge in [-0.3, -0.25) is 9.59 Å². The van der Waals surface area contributed by atoms with Crippen LogP contribution in [0.25, 0.3) is 16.5 Å². The van der Waals surface area contributed by atoms with E-state index in [-0.39, 0.29) is 17.2 Å². The van der Waals surface area contributed by atoms with E-state index in [1.807, 2.05) is 11.0 Å². The molecule has 1 amide bonds. The summed E-state index contributed by atoms with van der Waals surface area (Å²) in [5.74, 6) is 1.52. The number of rotatable bonds is 4. The van der Waals surface area contributed by atoms with Crippen molar-refractivity contribution in [3.8, 4) is 17.2 Å². The number of methoxy groups -OCH3 is 2. The number of amides is 1. The molecule has 2 heterocycles. The number of carbonyl (C=O) groups is 1. The normalized spacial score (nSPS) is 14.7. The Bertz CT molecular complexity index is 1120. The molecule has 2 aromatic carbocycles. The molecule has 30 heavy (non-hydrogen) atoms. The summed E-state index contributed by atoms with van der Waals surface area (Å²) in [5, 5.41) is 5.53. The third-order valence-corrected chi connectivity index (χ3v) is 5.66. The first-order valence-corrected chi connectivity index (χ1v) is 10.1. The van der Waals surface area contributed by atoms with E-state index in [1.54, 1.807) is 50.6 Å². The highest BCUT2D eigenvalue weighted by molar-refractivity contribution is 6.04. The number of carbonyl (C=O) groups excluding carboxylic acids is 1. The van der Waals surface area contributed by atoms with Crippen LogP contribution in [0.3, 0.4) is 0 Å². The largest absolute Gasteiger partial charge is 0.497 e. The van der Waals surface area contributed by atoms with Crippen LogP contribution in [0.2, 0.25) is 0 Å². The average molecular weight is 407 g/mol. The number of hydrogen-bond acceptors (Lipinski definition) is 5. The van der Waals surface area contributed by atoms with E-state index in [2.05, 4.69) is 12.0 Å². The van der Waals surface area contributed by atoms with Gasteiger partial charge in [-0.25, -0.2) is 0 Å². The molecule has 0 bridgehead atoms. The Hall–Kier alpha value is -3.35. The van der Waals surface area contributed by atoms with E-state index in [0.717, 1.165) is 12.8 Å². The number of benzene rings is 2. The molecule has 1 aliphatic heterocycles. The zero-order valence-electron chi connectivity index (χ0n) is 17.4. The molecule has 0 spiro atoms. The number of likely N-dealkylation sites (tertiary alicyclic amines) is 1. The molecule has 1 fully saturated rings. The number of aromatic nitrogens is 2. The van der Waals surface area contributed by atoms with Crippen molar-refractivity contribution in [1.29, 1.82) is 0 Å². The number of piperidine rings is 1. The van der Waals surface area contributed by atoms with E-state index >= 15 is 0 Å². The summed E-state index contributed by atoms with van der Waals surface area (Å²) in [7, 11) is 3.09. The van der Waals surface area contributed by atoms with E-state index in [0.29, 0.717) is 47.0 Å². The maximum absolute atomic E-state index is 13.4. The third-order valence-electron chi connectivity index (χ3n) is 5.66. The molecule has 1 aliphatic rings. The molecule has 3 aromatic rings. The Morgan fingerprint density at radius 3 is 2.20 bits per heavy atom. The zero-order chi connectivity index (χ0) is 21.3. The van der Waals surface area contributed by atoms with E-state index in [1.165, 1.54) is 4.68 Å². The fourth-order valence-corrected chi connectivity index (χ4v) is 3.80. The summed E-state index contributed by atoms with van der Waals surface area (Å²) in [6.07, 6.45) is 1.94. The first-order valence-electron chi connectivity index (χ1n) is 10.1. The number of hydrogen-bond donors (Lipinski definition) is 0. The quantitative estimate of drug-likeness (QED) is 0.664. The molecule has 1 aromatic heterocycles. The average Bonchev–Trinajstić information content (AvgIpc) is 2.79. The third kappa shape index (κ3) is 3.63. The van der Waals surface area contributed by atoms with Crippen LogP contribution in [0, 0.1) is 5.92 Å². The van der Waals surface area contributed by atoms with Gasteiger partial charge in [0.2, 0.25) is 0 Å². The topological polar surface area (TPSA) is 73.7 Å². The first kappa shape index (κ1) is 19.9. The van der Waals surface area contributed by atoms with Crippen LogP contribution in [-0.4, -0.2) is 47.9 Å². The minimum Gasteiger partial charge on any atom is -0.497 e. The second-order valence-corrected chi connectivity index (χ2v) is 7.66. The highest BCUT2D eigenvalue weighted by Crippen LogP contribution is 2.26. The molecule has 7 heteroatoms. The Morgan fingerprint density at radius 2 is 1.60 bits per heavy atom. The van der Waals surface area contributed by atoms with Crippen molar-refractivity contribution < 1.29 is 14.3 Å². The lowest BCUT2D eigenvalue weighted by Gasteiger charge is -2.30. The van der Waals surface area contributed by atoms with Gasteiger partial charge in [0, 0.05) is 36.7 Å². The molecule has 0 unspecified atom stereocenters. The minimum atomic E-state index is -0.301. The lowest BCUT2D eigenvalue weighted by Crippen LogP contribution is -2.39. The lowest BCUT2D eigenvalue weighted by molar-refractivity contribution is 0.0691. The first-order chi connectivity index (χ1) is 14.5. The van der Waals surface area contributed by atoms with Crippen molar-refractivity contribution in [2.45, 2.75) is 19.8 Å². The van der Waals surface area contributed by atoms with Crippen LogP contribution in [-0.2, 0) is 0 Å². The Morgan fingerprint density at radius 1 is 1.00 bits per heavy atom. The van der Waals surface area contributed by atoms with Gasteiger partial charge in [-0.05, 0) is 24.8 Å². The van der Waals surface area contributed by atoms with Crippen molar-refractivity contribution in [1.82, 2.24) is 14.7 Å². The predicted octanol–water partition coefficient (Wildman–Crippen LogP) is 3.28. The number of ether oxygens (including phenoxy) is 2. The summed E-state index contributed by atoms with van der Waals surface area (Å²) in [6, 6.07) is 12.2. The standard InChI is InChI=1S/C23H25N3O4/c1-15-8-10-25(11-9-15)23(28)21-19-6-4-5-7-20(19)22(27)26(24-21)16-12-17(29-2)14-18(13-16)30-3/h4-7,12-15H,8-11H2,1-3H3. The fourth-order valence-electron chi connectivity index (χ4n) is 3.80. The smallest absolute Gasteiger partial charge is 0.279 e. The highest BCUT2D eigenvalue weighted by Gasteiger charge is 2.25. The summed E-state index contributed by atoms with van der Waals surface area (Å²) < 4.78 is 11.9. The van der Waals surface area contributed by atoms with E-state index in [9.17, 15) is 9.59 Å². The maximum atomic E-state index is 13.4. The van der Waals surface area contributed by atoms with E-state index < -0.39 is 0 Å². The van der Waals surface area contributed by atoms with Gasteiger partial charge in [0.1, 0.15) is 11.5 Å². The molecule has 1 saturated heterocycles. The monoisotopic (exact) mass is 407 g/mol. The Balaban J connectivity index is 1.89. The minimum absolute atomic E-state index is 0.151. The van der Waals surface area contributed by atoms with Gasteiger partial charge in [-0.2, -0.15) is 9.78 Å². The SMILES string of the molecule is COc1cc(OC)cc(-n2nc(C(=O)N3CCC(C)CC3)c3ccccc3c2=O)c1. The number of nitrogens with zero attached hydrogens (tertiary/aromatic N) is 3. The molecule has 7 nitrogen and oxygen atoms in total. The van der Waals surface area contributed by atoms with Crippen molar-refractivity contribution in [2.75, 3.05) is 27.3 Å². The van der Waals surface area contributed by atoms with Crippen molar-refractivity contribution in [2.24, 2.45) is 5.92 Å². The summed E-state index contributed by atoms with van der Waals surface area (Å²) in [4.78, 5) is 28.4.